The summed E-state index contributed by atoms with van der Waals surface area (Å²) in [7, 11) is 1.57. The van der Waals surface area contributed by atoms with Gasteiger partial charge in [0.25, 0.3) is 0 Å². The number of hydrogen-bond donors (Lipinski definition) is 0. The van der Waals surface area contributed by atoms with Crippen molar-refractivity contribution in [1.82, 2.24) is 19.8 Å². The van der Waals surface area contributed by atoms with Crippen molar-refractivity contribution in [1.29, 1.82) is 0 Å². The summed E-state index contributed by atoms with van der Waals surface area (Å²) in [6.45, 7) is 8.06. The van der Waals surface area contributed by atoms with Gasteiger partial charge in [0.05, 0.1) is 29.8 Å². The zero-order chi connectivity index (χ0) is 37.2. The number of carbonyl (C=O) groups is 1. The third kappa shape index (κ3) is 6.31. The number of nitrogens with zero attached hydrogens (tertiary/aromatic N) is 5. The molecule has 1 aromatic heterocycles. The van der Waals surface area contributed by atoms with Crippen LogP contribution in [0.1, 0.15) is 64.0 Å². The lowest BCUT2D eigenvalue weighted by Gasteiger charge is -2.42. The van der Waals surface area contributed by atoms with Crippen LogP contribution in [0.3, 0.4) is 0 Å². The van der Waals surface area contributed by atoms with Gasteiger partial charge in [-0.3, -0.25) is 9.80 Å². The number of rotatable bonds is 7. The number of hydrogen-bond acceptors (Lipinski definition) is 8. The van der Waals surface area contributed by atoms with Gasteiger partial charge in [-0.2, -0.15) is 9.97 Å². The quantitative estimate of drug-likeness (QED) is 0.182. The Kier molecular flexibility index (Phi) is 8.93. The Labute approximate surface area is 307 Å². The normalized spacial score (nSPS) is 24.2. The maximum atomic E-state index is 17.3. The number of methoxy groups -OCH3 is 1. The largest absolute Gasteiger partial charge is 0.461 e. The lowest BCUT2D eigenvalue weighted by molar-refractivity contribution is 0.0122. The maximum Gasteiger partial charge on any atom is 0.410 e. The molecule has 5 heterocycles. The van der Waals surface area contributed by atoms with Crippen LogP contribution in [0.5, 0.6) is 6.01 Å². The summed E-state index contributed by atoms with van der Waals surface area (Å²) in [5.41, 5.74) is 0.330. The molecule has 12 heteroatoms. The van der Waals surface area contributed by atoms with Gasteiger partial charge < -0.3 is 19.1 Å². The third-order valence-electron chi connectivity index (χ3n) is 11.3. The minimum atomic E-state index is -0.940. The predicted molar refractivity (Wildman–Crippen MR) is 197 cm³/mol. The zero-order valence-corrected chi connectivity index (χ0v) is 30.6. The second-order valence-electron chi connectivity index (χ2n) is 15.9. The summed E-state index contributed by atoms with van der Waals surface area (Å²) < 4.78 is 64.6. The van der Waals surface area contributed by atoms with E-state index in [1.165, 1.54) is 6.07 Å². The third-order valence-corrected chi connectivity index (χ3v) is 11.3. The summed E-state index contributed by atoms with van der Waals surface area (Å²) >= 11 is 0. The standard InChI is InChI=1S/C41H44F3N5O4/c1-6-29-33(43)13-8-25-16-24(22-51-5)17-32(34(25)29)30-11-12-31-36(35(30)44)45-38(52-23-41-14-7-15-48(41)19-26(42)18-41)46-37(31)47-20-27-9-10-28(21-47)49(27)39(50)53-40(2,3)4/h1,8,11-13,16-17,26-28H,7,9-10,14-15,18-23H2,2-5H3/t26-,27-,28+,41+/m1/s1. The molecular weight excluding hydrogens is 683 g/mol. The molecule has 0 radical (unpaired) electrons. The van der Waals surface area contributed by atoms with Gasteiger partial charge in [0, 0.05) is 49.5 Å². The summed E-state index contributed by atoms with van der Waals surface area (Å²) in [4.78, 5) is 28.9. The van der Waals surface area contributed by atoms with E-state index in [2.05, 4.69) is 20.7 Å². The van der Waals surface area contributed by atoms with Crippen LogP contribution in [0.4, 0.5) is 23.8 Å². The Balaban J connectivity index is 1.24. The van der Waals surface area contributed by atoms with Crippen LogP contribution >= 0.6 is 0 Å². The molecule has 4 fully saturated rings. The molecule has 0 unspecified atom stereocenters. The molecule has 53 heavy (non-hydrogen) atoms. The first-order valence-electron chi connectivity index (χ1n) is 18.4. The van der Waals surface area contributed by atoms with Crippen molar-refractivity contribution >= 4 is 33.6 Å². The predicted octanol–water partition coefficient (Wildman–Crippen LogP) is 7.40. The highest BCUT2D eigenvalue weighted by molar-refractivity contribution is 6.03. The number of piperazine rings is 1. The lowest BCUT2D eigenvalue weighted by Crippen LogP contribution is -2.57. The van der Waals surface area contributed by atoms with Crippen molar-refractivity contribution in [2.75, 3.05) is 44.8 Å². The van der Waals surface area contributed by atoms with Crippen LogP contribution in [0.2, 0.25) is 0 Å². The molecule has 4 saturated heterocycles. The van der Waals surface area contributed by atoms with E-state index in [9.17, 15) is 9.18 Å². The van der Waals surface area contributed by atoms with E-state index in [1.807, 2.05) is 31.7 Å². The number of amides is 1. The highest BCUT2D eigenvalue weighted by atomic mass is 19.1. The molecule has 4 atom stereocenters. The van der Waals surface area contributed by atoms with Crippen LogP contribution in [0.25, 0.3) is 32.8 Å². The van der Waals surface area contributed by atoms with E-state index in [0.717, 1.165) is 37.8 Å². The van der Waals surface area contributed by atoms with Gasteiger partial charge >= 0.3 is 12.1 Å². The topological polar surface area (TPSA) is 80.3 Å². The maximum absolute atomic E-state index is 17.3. The molecule has 0 N–H and O–H groups in total. The molecule has 278 valence electrons. The fraction of sp³-hybridized carbons (Fsp3) is 0.488. The Hall–Kier alpha value is -4.60. The minimum absolute atomic E-state index is 0.0117. The fourth-order valence-electron chi connectivity index (χ4n) is 9.08. The van der Waals surface area contributed by atoms with Gasteiger partial charge in [-0.1, -0.05) is 18.1 Å². The van der Waals surface area contributed by atoms with Crippen LogP contribution in [0.15, 0.2) is 36.4 Å². The van der Waals surface area contributed by atoms with Gasteiger partial charge in [-0.15, -0.1) is 6.42 Å². The van der Waals surface area contributed by atoms with Crippen molar-refractivity contribution in [2.45, 2.75) is 88.9 Å². The highest BCUT2D eigenvalue weighted by Gasteiger charge is 2.50. The second kappa shape index (κ2) is 13.4. The van der Waals surface area contributed by atoms with Crippen LogP contribution in [0, 0.1) is 24.0 Å². The number of anilines is 1. The van der Waals surface area contributed by atoms with Crippen molar-refractivity contribution in [3.63, 3.8) is 0 Å². The first-order chi connectivity index (χ1) is 25.4. The number of fused-ring (bicyclic) bond motifs is 5. The van der Waals surface area contributed by atoms with Crippen molar-refractivity contribution in [2.24, 2.45) is 0 Å². The first kappa shape index (κ1) is 35.4. The summed E-state index contributed by atoms with van der Waals surface area (Å²) in [6.07, 6.45) is 8.23. The Morgan fingerprint density at radius 2 is 1.83 bits per heavy atom. The van der Waals surface area contributed by atoms with Crippen LogP contribution < -0.4 is 9.64 Å². The molecule has 1 amide bonds. The van der Waals surface area contributed by atoms with E-state index in [-0.39, 0.29) is 54.0 Å². The van der Waals surface area contributed by atoms with E-state index < -0.39 is 28.9 Å². The van der Waals surface area contributed by atoms with Gasteiger partial charge in [-0.05, 0) is 93.8 Å². The smallest absolute Gasteiger partial charge is 0.410 e. The van der Waals surface area contributed by atoms with E-state index in [4.69, 9.17) is 25.6 Å². The van der Waals surface area contributed by atoms with Gasteiger partial charge in [0.1, 0.15) is 35.5 Å². The van der Waals surface area contributed by atoms with E-state index >= 15 is 8.78 Å². The van der Waals surface area contributed by atoms with Gasteiger partial charge in [0.15, 0.2) is 5.82 Å². The van der Waals surface area contributed by atoms with E-state index in [0.29, 0.717) is 53.6 Å². The lowest BCUT2D eigenvalue weighted by atomic mass is 9.91. The van der Waals surface area contributed by atoms with Crippen molar-refractivity contribution in [3.05, 3.63) is 59.2 Å². The molecule has 2 bridgehead atoms. The number of ether oxygens (including phenoxy) is 3. The number of carbonyl (C=O) groups excluding carboxylic acids is 1. The average Bonchev–Trinajstić information content (AvgIpc) is 3.73. The molecule has 0 aliphatic carbocycles. The molecule has 0 saturated carbocycles. The molecular formula is C41H44F3N5O4. The summed E-state index contributed by atoms with van der Waals surface area (Å²) in [5, 5.41) is 1.53. The van der Waals surface area contributed by atoms with Gasteiger partial charge in [-0.25, -0.2) is 18.0 Å². The van der Waals surface area contributed by atoms with Crippen molar-refractivity contribution < 1.29 is 32.2 Å². The number of halogens is 3. The second-order valence-corrected chi connectivity index (χ2v) is 15.9. The summed E-state index contributed by atoms with van der Waals surface area (Å²) in [6, 6.07) is 9.74. The summed E-state index contributed by atoms with van der Waals surface area (Å²) in [5.74, 6) is 1.74. The number of aromatic nitrogens is 2. The SMILES string of the molecule is C#Cc1c(F)ccc2cc(COC)cc(-c3ccc4c(N5C[C@H]6CC[C@@H](C5)N6C(=O)OC(C)(C)C)nc(OC[C@@]56CCCN5C[C@H](F)C6)nc4c3F)c12. The molecule has 0 spiro atoms. The van der Waals surface area contributed by atoms with Gasteiger partial charge in [0.2, 0.25) is 0 Å². The number of alkyl halides is 1. The van der Waals surface area contributed by atoms with Crippen molar-refractivity contribution in [3.8, 4) is 29.5 Å². The molecule has 4 aliphatic rings. The highest BCUT2D eigenvalue weighted by Crippen LogP contribution is 2.43. The van der Waals surface area contributed by atoms with Crippen LogP contribution in [-0.2, 0) is 16.1 Å². The fourth-order valence-corrected chi connectivity index (χ4v) is 9.08. The Bertz CT molecular complexity index is 2140. The molecule has 9 nitrogen and oxygen atoms in total. The molecule has 3 aromatic carbocycles. The molecule has 4 aromatic rings. The molecule has 8 rings (SSSR count). The molecule has 4 aliphatic heterocycles. The monoisotopic (exact) mass is 727 g/mol. The zero-order valence-electron chi connectivity index (χ0n) is 30.6. The Morgan fingerprint density at radius 1 is 1.06 bits per heavy atom. The first-order valence-corrected chi connectivity index (χ1v) is 18.4. The average molecular weight is 728 g/mol. The number of terminal acetylenes is 1. The Morgan fingerprint density at radius 3 is 2.55 bits per heavy atom. The minimum Gasteiger partial charge on any atom is -0.461 e. The van der Waals surface area contributed by atoms with Crippen LogP contribution in [-0.4, -0.2) is 95.2 Å². The number of benzene rings is 3. The van der Waals surface area contributed by atoms with E-state index in [1.54, 1.807) is 31.4 Å².